The van der Waals surface area contributed by atoms with Crippen LogP contribution in [0.25, 0.3) is 0 Å². The second-order valence-corrected chi connectivity index (χ2v) is 6.18. The van der Waals surface area contributed by atoms with E-state index in [0.717, 1.165) is 38.3 Å². The molecule has 0 atom stereocenters. The third-order valence-electron chi connectivity index (χ3n) is 3.68. The second kappa shape index (κ2) is 7.09. The molecule has 20 heavy (non-hydrogen) atoms. The van der Waals surface area contributed by atoms with Crippen molar-refractivity contribution in [2.75, 3.05) is 26.8 Å². The Morgan fingerprint density at radius 1 is 1.25 bits per heavy atom. The van der Waals surface area contributed by atoms with Crippen molar-refractivity contribution in [1.82, 2.24) is 5.32 Å². The number of nitrogens with one attached hydrogen (secondary N) is 1. The Morgan fingerprint density at radius 2 is 2.10 bits per heavy atom. The lowest BCUT2D eigenvalue weighted by atomic mass is 9.98. The summed E-state index contributed by atoms with van der Waals surface area (Å²) in [7, 11) is 1.74. The van der Waals surface area contributed by atoms with Gasteiger partial charge in [0.1, 0.15) is 11.4 Å². The van der Waals surface area contributed by atoms with Gasteiger partial charge in [-0.15, -0.1) is 0 Å². The van der Waals surface area contributed by atoms with Crippen molar-refractivity contribution in [2.45, 2.75) is 45.1 Å². The Labute approximate surface area is 122 Å². The summed E-state index contributed by atoms with van der Waals surface area (Å²) in [5, 5.41) is 3.38. The maximum atomic E-state index is 5.91. The first kappa shape index (κ1) is 15.3. The first-order valence-electron chi connectivity index (χ1n) is 7.61. The molecule has 1 aromatic carbocycles. The summed E-state index contributed by atoms with van der Waals surface area (Å²) >= 11 is 0. The molecule has 0 aromatic heterocycles. The van der Waals surface area contributed by atoms with Crippen molar-refractivity contribution in [3.63, 3.8) is 0 Å². The number of hydrogen-bond donors (Lipinski definition) is 1. The summed E-state index contributed by atoms with van der Waals surface area (Å²) in [5.41, 5.74) is 2.76. The summed E-state index contributed by atoms with van der Waals surface area (Å²) in [4.78, 5) is 0. The number of unbranched alkanes of at least 4 members (excludes halogenated alkanes) is 1. The van der Waals surface area contributed by atoms with E-state index in [2.05, 4.69) is 37.4 Å². The zero-order valence-electron chi connectivity index (χ0n) is 13.0. The van der Waals surface area contributed by atoms with Crippen molar-refractivity contribution in [1.29, 1.82) is 0 Å². The van der Waals surface area contributed by atoms with E-state index in [1.54, 1.807) is 7.11 Å². The molecule has 3 nitrogen and oxygen atoms in total. The Bertz CT molecular complexity index is 429. The van der Waals surface area contributed by atoms with E-state index in [4.69, 9.17) is 9.47 Å². The van der Waals surface area contributed by atoms with Gasteiger partial charge in [-0.3, -0.25) is 0 Å². The van der Waals surface area contributed by atoms with Gasteiger partial charge in [-0.2, -0.15) is 0 Å². The second-order valence-electron chi connectivity index (χ2n) is 6.18. The van der Waals surface area contributed by atoms with Gasteiger partial charge in [-0.1, -0.05) is 12.1 Å². The Hall–Kier alpha value is -1.06. The maximum absolute atomic E-state index is 5.91. The van der Waals surface area contributed by atoms with Crippen molar-refractivity contribution in [2.24, 2.45) is 0 Å². The summed E-state index contributed by atoms with van der Waals surface area (Å²) in [6.45, 7) is 7.11. The van der Waals surface area contributed by atoms with Gasteiger partial charge in [0.25, 0.3) is 0 Å². The fourth-order valence-electron chi connectivity index (χ4n) is 2.70. The predicted molar refractivity (Wildman–Crippen MR) is 82.5 cm³/mol. The maximum Gasteiger partial charge on any atom is 0.123 e. The molecule has 3 heteroatoms. The monoisotopic (exact) mass is 277 g/mol. The average molecular weight is 277 g/mol. The van der Waals surface area contributed by atoms with Gasteiger partial charge < -0.3 is 14.8 Å². The van der Waals surface area contributed by atoms with E-state index in [0.29, 0.717) is 0 Å². The lowest BCUT2D eigenvalue weighted by Gasteiger charge is -2.16. The smallest absolute Gasteiger partial charge is 0.123 e. The molecule has 1 aliphatic heterocycles. The largest absolute Gasteiger partial charge is 0.487 e. The normalized spacial score (nSPS) is 15.9. The fourth-order valence-corrected chi connectivity index (χ4v) is 2.70. The molecule has 0 radical (unpaired) electrons. The van der Waals surface area contributed by atoms with Crippen LogP contribution in [0.5, 0.6) is 5.75 Å². The van der Waals surface area contributed by atoms with Crippen LogP contribution in [-0.4, -0.2) is 32.4 Å². The number of fused-ring (bicyclic) bond motifs is 1. The molecule has 112 valence electrons. The van der Waals surface area contributed by atoms with E-state index in [9.17, 15) is 0 Å². The number of methoxy groups -OCH3 is 1. The van der Waals surface area contributed by atoms with Gasteiger partial charge in [-0.05, 0) is 56.8 Å². The zero-order valence-corrected chi connectivity index (χ0v) is 13.0. The topological polar surface area (TPSA) is 30.5 Å². The molecule has 0 bridgehead atoms. The van der Waals surface area contributed by atoms with Gasteiger partial charge in [0.05, 0.1) is 6.61 Å². The van der Waals surface area contributed by atoms with Gasteiger partial charge in [0, 0.05) is 20.1 Å². The highest BCUT2D eigenvalue weighted by molar-refractivity contribution is 5.41. The molecular formula is C17H27NO2. The van der Waals surface area contributed by atoms with E-state index in [1.807, 2.05) is 0 Å². The minimum absolute atomic E-state index is 0.0355. The van der Waals surface area contributed by atoms with Crippen molar-refractivity contribution < 1.29 is 9.47 Å². The molecular weight excluding hydrogens is 250 g/mol. The predicted octanol–water partition coefficient (Wildman–Crippen LogP) is 2.96. The van der Waals surface area contributed by atoms with Gasteiger partial charge in [0.2, 0.25) is 0 Å². The molecule has 0 saturated heterocycles. The highest BCUT2D eigenvalue weighted by Gasteiger charge is 2.29. The quantitative estimate of drug-likeness (QED) is 0.741. The molecule has 0 amide bonds. The van der Waals surface area contributed by atoms with Crippen LogP contribution in [0.2, 0.25) is 0 Å². The molecule has 1 aromatic rings. The average Bonchev–Trinajstić information content (AvgIpc) is 2.71. The van der Waals surface area contributed by atoms with Gasteiger partial charge >= 0.3 is 0 Å². The highest BCUT2D eigenvalue weighted by Crippen LogP contribution is 2.35. The minimum Gasteiger partial charge on any atom is -0.487 e. The number of benzene rings is 1. The SMILES string of the molecule is COCCNCCCCc1ccc2c(c1)CC(C)(C)O2. The number of hydrogen-bond acceptors (Lipinski definition) is 3. The lowest BCUT2D eigenvalue weighted by molar-refractivity contribution is 0.138. The minimum atomic E-state index is -0.0355. The molecule has 2 rings (SSSR count). The third kappa shape index (κ3) is 4.50. The van der Waals surface area contributed by atoms with Crippen LogP contribution in [-0.2, 0) is 17.6 Å². The Morgan fingerprint density at radius 3 is 2.90 bits per heavy atom. The van der Waals surface area contributed by atoms with Crippen LogP contribution in [0.3, 0.4) is 0 Å². The molecule has 1 aliphatic rings. The standard InChI is InChI=1S/C17H27NO2/c1-17(2)13-15-12-14(7-8-16(15)20-17)6-4-5-9-18-10-11-19-3/h7-8,12,18H,4-6,9-11,13H2,1-3H3. The van der Waals surface area contributed by atoms with E-state index >= 15 is 0 Å². The molecule has 1 N–H and O–H groups in total. The van der Waals surface area contributed by atoms with E-state index < -0.39 is 0 Å². The van der Waals surface area contributed by atoms with Crippen LogP contribution in [0, 0.1) is 0 Å². The number of aryl methyl sites for hydroxylation is 1. The fraction of sp³-hybridized carbons (Fsp3) is 0.647. The lowest BCUT2D eigenvalue weighted by Crippen LogP contribution is -2.24. The van der Waals surface area contributed by atoms with Crippen LogP contribution in [0.4, 0.5) is 0 Å². The summed E-state index contributed by atoms with van der Waals surface area (Å²) < 4.78 is 10.9. The van der Waals surface area contributed by atoms with Gasteiger partial charge in [-0.25, -0.2) is 0 Å². The summed E-state index contributed by atoms with van der Waals surface area (Å²) in [6, 6.07) is 6.66. The van der Waals surface area contributed by atoms with E-state index in [1.165, 1.54) is 24.0 Å². The first-order valence-corrected chi connectivity index (χ1v) is 7.61. The Kier molecular flexibility index (Phi) is 5.44. The van der Waals surface area contributed by atoms with Gasteiger partial charge in [0.15, 0.2) is 0 Å². The molecule has 0 unspecified atom stereocenters. The molecule has 1 heterocycles. The van der Waals surface area contributed by atoms with Crippen LogP contribution < -0.4 is 10.1 Å². The molecule has 0 saturated carbocycles. The van der Waals surface area contributed by atoms with E-state index in [-0.39, 0.29) is 5.60 Å². The zero-order chi connectivity index (χ0) is 14.4. The van der Waals surface area contributed by atoms with Crippen LogP contribution in [0.1, 0.15) is 37.8 Å². The van der Waals surface area contributed by atoms with Crippen LogP contribution >= 0.6 is 0 Å². The van der Waals surface area contributed by atoms with Crippen molar-refractivity contribution in [3.8, 4) is 5.75 Å². The van der Waals surface area contributed by atoms with Crippen molar-refractivity contribution in [3.05, 3.63) is 29.3 Å². The number of ether oxygens (including phenoxy) is 2. The Balaban J connectivity index is 1.70. The highest BCUT2D eigenvalue weighted by atomic mass is 16.5. The first-order chi connectivity index (χ1) is 9.61. The summed E-state index contributed by atoms with van der Waals surface area (Å²) in [6.07, 6.45) is 4.61. The summed E-state index contributed by atoms with van der Waals surface area (Å²) in [5.74, 6) is 1.07. The number of rotatable bonds is 8. The molecule has 0 spiro atoms. The van der Waals surface area contributed by atoms with Crippen LogP contribution in [0.15, 0.2) is 18.2 Å². The molecule has 0 fully saturated rings. The molecule has 0 aliphatic carbocycles. The van der Waals surface area contributed by atoms with Crippen molar-refractivity contribution >= 4 is 0 Å². The third-order valence-corrected chi connectivity index (χ3v) is 3.68.